The van der Waals surface area contributed by atoms with Gasteiger partial charge in [0.05, 0.1) is 33.4 Å². The smallest absolute Gasteiger partial charge is 0.338 e. The number of allylic oxidation sites excluding steroid dienone is 1. The number of hydrogen-bond acceptors (Lipinski definition) is 9. The fourth-order valence-corrected chi connectivity index (χ4v) is 5.85. The number of carbonyl (C=O) groups is 1. The molecule has 4 aromatic rings. The second-order valence-electron chi connectivity index (χ2n) is 8.70. The van der Waals surface area contributed by atoms with Crippen LogP contribution in [0, 0.1) is 15.9 Å². The number of aromatic nitrogens is 1. The van der Waals surface area contributed by atoms with Crippen LogP contribution in [0.1, 0.15) is 31.2 Å². The van der Waals surface area contributed by atoms with Crippen LogP contribution in [0.4, 0.5) is 10.1 Å². The van der Waals surface area contributed by atoms with Gasteiger partial charge in [-0.1, -0.05) is 23.5 Å². The Bertz CT molecular complexity index is 1850. The molecule has 0 N–H and O–H groups in total. The maximum absolute atomic E-state index is 13.8. The van der Waals surface area contributed by atoms with Crippen LogP contribution in [0.25, 0.3) is 17.4 Å². The number of furan rings is 1. The summed E-state index contributed by atoms with van der Waals surface area (Å²) in [5, 5.41) is 11.1. The van der Waals surface area contributed by atoms with Gasteiger partial charge in [-0.05, 0) is 62.1 Å². The first kappa shape index (κ1) is 27.3. The summed E-state index contributed by atoms with van der Waals surface area (Å²) in [6.45, 7) is 3.61. The molecule has 0 radical (unpaired) electrons. The lowest BCUT2D eigenvalue weighted by atomic mass is 9.96. The summed E-state index contributed by atoms with van der Waals surface area (Å²) in [6, 6.07) is 13.5. The third kappa shape index (κ3) is 5.03. The number of nitrogens with zero attached hydrogens (tertiary/aromatic N) is 3. The van der Waals surface area contributed by atoms with Gasteiger partial charge in [0.15, 0.2) is 4.80 Å². The van der Waals surface area contributed by atoms with E-state index in [9.17, 15) is 24.1 Å². The number of benzene rings is 2. The van der Waals surface area contributed by atoms with E-state index in [1.54, 1.807) is 43.8 Å². The van der Waals surface area contributed by atoms with Crippen LogP contribution in [0.15, 0.2) is 85.0 Å². The van der Waals surface area contributed by atoms with Gasteiger partial charge in [0.25, 0.3) is 5.56 Å². The molecule has 2 aromatic heterocycles. The molecule has 0 amide bonds. The van der Waals surface area contributed by atoms with E-state index in [-0.39, 0.29) is 23.5 Å². The summed E-state index contributed by atoms with van der Waals surface area (Å²) in [6.07, 6.45) is 3.51. The van der Waals surface area contributed by atoms with Gasteiger partial charge in [-0.15, -0.1) is 11.8 Å². The summed E-state index contributed by atoms with van der Waals surface area (Å²) in [4.78, 5) is 43.1. The Kier molecular flexibility index (Phi) is 7.55. The highest BCUT2D eigenvalue weighted by molar-refractivity contribution is 7.98. The van der Waals surface area contributed by atoms with E-state index in [4.69, 9.17) is 9.15 Å². The molecular formula is C28H22FN3O6S2. The molecule has 0 aliphatic carbocycles. The zero-order valence-corrected chi connectivity index (χ0v) is 23.2. The minimum absolute atomic E-state index is 0.177. The minimum Gasteiger partial charge on any atom is -0.463 e. The molecule has 5 rings (SSSR count). The fourth-order valence-electron chi connectivity index (χ4n) is 4.41. The molecular weight excluding hydrogens is 557 g/mol. The first-order valence-corrected chi connectivity index (χ1v) is 14.1. The van der Waals surface area contributed by atoms with E-state index in [1.165, 1.54) is 10.6 Å². The molecule has 0 saturated heterocycles. The quantitative estimate of drug-likeness (QED) is 0.133. The predicted octanol–water partition coefficient (Wildman–Crippen LogP) is 4.83. The lowest BCUT2D eigenvalue weighted by Gasteiger charge is -2.24. The first-order chi connectivity index (χ1) is 19.2. The van der Waals surface area contributed by atoms with Crippen LogP contribution in [0.3, 0.4) is 0 Å². The van der Waals surface area contributed by atoms with Crippen LogP contribution in [-0.2, 0) is 9.53 Å². The van der Waals surface area contributed by atoms with Crippen molar-refractivity contribution < 1.29 is 23.3 Å². The summed E-state index contributed by atoms with van der Waals surface area (Å²) in [5.74, 6) is -0.901. The van der Waals surface area contributed by atoms with Crippen molar-refractivity contribution in [2.24, 2.45) is 4.99 Å². The molecule has 9 nitrogen and oxygen atoms in total. The van der Waals surface area contributed by atoms with Gasteiger partial charge in [0.2, 0.25) is 5.82 Å². The second-order valence-corrected chi connectivity index (χ2v) is 10.6. The van der Waals surface area contributed by atoms with Gasteiger partial charge < -0.3 is 9.15 Å². The average Bonchev–Trinajstić information content (AvgIpc) is 3.52. The normalized spacial score (nSPS) is 15.1. The zero-order chi connectivity index (χ0) is 28.6. The van der Waals surface area contributed by atoms with Gasteiger partial charge >= 0.3 is 11.7 Å². The molecule has 3 heterocycles. The number of nitro benzene ring substituents is 1. The minimum atomic E-state index is -0.947. The maximum atomic E-state index is 13.8. The molecule has 1 aliphatic rings. The molecule has 12 heteroatoms. The molecule has 1 aliphatic heterocycles. The van der Waals surface area contributed by atoms with Gasteiger partial charge in [0.1, 0.15) is 11.5 Å². The lowest BCUT2D eigenvalue weighted by molar-refractivity contribution is -0.387. The molecule has 204 valence electrons. The van der Waals surface area contributed by atoms with E-state index in [2.05, 4.69) is 4.99 Å². The largest absolute Gasteiger partial charge is 0.463 e. The predicted molar refractivity (Wildman–Crippen MR) is 149 cm³/mol. The summed E-state index contributed by atoms with van der Waals surface area (Å²) >= 11 is 2.73. The first-order valence-electron chi connectivity index (χ1n) is 12.1. The Morgan fingerprint density at radius 2 is 2.00 bits per heavy atom. The number of carbonyl (C=O) groups excluding carboxylic acids is 1. The van der Waals surface area contributed by atoms with E-state index < -0.39 is 28.4 Å². The molecule has 0 unspecified atom stereocenters. The fraction of sp³-hybridized carbons (Fsp3) is 0.179. The third-order valence-electron chi connectivity index (χ3n) is 6.28. The number of fused-ring (bicyclic) bond motifs is 1. The van der Waals surface area contributed by atoms with Crippen molar-refractivity contribution in [3.05, 3.63) is 113 Å². The Morgan fingerprint density at radius 3 is 2.67 bits per heavy atom. The second kappa shape index (κ2) is 11.1. The highest BCUT2D eigenvalue weighted by atomic mass is 32.2. The molecule has 0 bridgehead atoms. The number of hydrogen-bond donors (Lipinski definition) is 0. The number of rotatable bonds is 7. The summed E-state index contributed by atoms with van der Waals surface area (Å²) in [7, 11) is 0. The van der Waals surface area contributed by atoms with Gasteiger partial charge in [0, 0.05) is 22.6 Å². The number of nitro groups is 1. The topological polar surface area (TPSA) is 117 Å². The van der Waals surface area contributed by atoms with Crippen LogP contribution in [-0.4, -0.2) is 28.3 Å². The molecule has 2 aromatic carbocycles. The van der Waals surface area contributed by atoms with E-state index in [0.29, 0.717) is 26.4 Å². The highest BCUT2D eigenvalue weighted by Gasteiger charge is 2.33. The van der Waals surface area contributed by atoms with Crippen molar-refractivity contribution >= 4 is 40.8 Å². The van der Waals surface area contributed by atoms with Crippen molar-refractivity contribution in [1.82, 2.24) is 4.57 Å². The number of ether oxygens (including phenoxy) is 1. The van der Waals surface area contributed by atoms with Crippen molar-refractivity contribution in [1.29, 1.82) is 0 Å². The monoisotopic (exact) mass is 579 g/mol. The van der Waals surface area contributed by atoms with Crippen molar-refractivity contribution in [3.8, 4) is 11.3 Å². The summed E-state index contributed by atoms with van der Waals surface area (Å²) < 4.78 is 26.7. The van der Waals surface area contributed by atoms with E-state index >= 15 is 0 Å². The van der Waals surface area contributed by atoms with Crippen LogP contribution < -0.4 is 14.9 Å². The zero-order valence-electron chi connectivity index (χ0n) is 21.5. The Labute approximate surface area is 235 Å². The van der Waals surface area contributed by atoms with E-state index in [1.807, 2.05) is 30.5 Å². The average molecular weight is 580 g/mol. The van der Waals surface area contributed by atoms with Gasteiger partial charge in [-0.3, -0.25) is 19.5 Å². The van der Waals surface area contributed by atoms with Gasteiger partial charge in [-0.25, -0.2) is 9.79 Å². The Hall–Kier alpha value is -4.29. The SMILES string of the molecule is CCOC(=O)C1=C(C)N=c2s/c(=C\c3ccc(-c4ccc(F)c([N+](=O)[O-])c4)o3)c(=O)n2[C@H]1c1ccc(SC)cc1. The Morgan fingerprint density at radius 1 is 1.25 bits per heavy atom. The van der Waals surface area contributed by atoms with Crippen LogP contribution >= 0.6 is 23.1 Å². The number of halogens is 1. The van der Waals surface area contributed by atoms with Crippen LogP contribution in [0.5, 0.6) is 0 Å². The maximum Gasteiger partial charge on any atom is 0.338 e. The Balaban J connectivity index is 1.61. The third-order valence-corrected chi connectivity index (χ3v) is 8.00. The molecule has 0 saturated carbocycles. The van der Waals surface area contributed by atoms with Crippen LogP contribution in [0.2, 0.25) is 0 Å². The summed E-state index contributed by atoms with van der Waals surface area (Å²) in [5.41, 5.74) is 0.771. The number of esters is 1. The molecule has 1 atom stereocenters. The number of thiazole rings is 1. The standard InChI is InChI=1S/C28H22FN3O6S2/c1-4-37-27(34)24-15(2)30-28-31(25(24)16-5-9-19(39-3)10-6-16)26(33)23(40-28)14-18-8-12-22(38-18)17-7-11-20(29)21(13-17)32(35)36/h5-14,25H,4H2,1-3H3/b23-14-/t25-/m0/s1. The van der Waals surface area contributed by atoms with Crippen molar-refractivity contribution in [2.75, 3.05) is 12.9 Å². The van der Waals surface area contributed by atoms with E-state index in [0.717, 1.165) is 33.9 Å². The van der Waals surface area contributed by atoms with Crippen molar-refractivity contribution in [2.45, 2.75) is 24.8 Å². The number of thioether (sulfide) groups is 1. The molecule has 0 fully saturated rings. The highest BCUT2D eigenvalue weighted by Crippen LogP contribution is 2.32. The molecule has 40 heavy (non-hydrogen) atoms. The van der Waals surface area contributed by atoms with Gasteiger partial charge in [-0.2, -0.15) is 4.39 Å². The lowest BCUT2D eigenvalue weighted by Crippen LogP contribution is -2.39. The molecule has 0 spiro atoms. The van der Waals surface area contributed by atoms with Crippen molar-refractivity contribution in [3.63, 3.8) is 0 Å².